The van der Waals surface area contributed by atoms with Crippen molar-refractivity contribution in [2.75, 3.05) is 7.11 Å². The molecule has 0 saturated carbocycles. The molecule has 0 radical (unpaired) electrons. The molecule has 28 heavy (non-hydrogen) atoms. The molecule has 0 bridgehead atoms. The van der Waals surface area contributed by atoms with E-state index < -0.39 is 23.7 Å². The van der Waals surface area contributed by atoms with Gasteiger partial charge < -0.3 is 10.1 Å². The highest BCUT2D eigenvalue weighted by Gasteiger charge is 2.21. The minimum Gasteiger partial charge on any atom is -0.469 e. The van der Waals surface area contributed by atoms with Crippen LogP contribution in [0.4, 0.5) is 4.39 Å². The van der Waals surface area contributed by atoms with E-state index in [0.717, 1.165) is 5.56 Å². The molecule has 0 aliphatic rings. The molecular weight excluding hydrogens is 403 g/mol. The summed E-state index contributed by atoms with van der Waals surface area (Å²) in [6.07, 6.45) is 1.38. The summed E-state index contributed by atoms with van der Waals surface area (Å²) in [5, 5.41) is 3.94. The number of thiazole rings is 1. The Balaban J connectivity index is 1.81. The molecule has 5 nitrogen and oxygen atoms in total. The third-order valence-corrected chi connectivity index (χ3v) is 5.37. The lowest BCUT2D eigenvalue weighted by Crippen LogP contribution is -2.30. The van der Waals surface area contributed by atoms with Gasteiger partial charge in [0.25, 0.3) is 5.91 Å². The van der Waals surface area contributed by atoms with Crippen LogP contribution in [0.1, 0.15) is 27.7 Å². The smallest absolute Gasteiger partial charge is 0.307 e. The third kappa shape index (κ3) is 4.74. The first-order valence-electron chi connectivity index (χ1n) is 8.32. The van der Waals surface area contributed by atoms with Crippen LogP contribution in [0.2, 0.25) is 5.02 Å². The standard InChI is InChI=1S/C20H16ClFN2O3S/c1-27-18(25)10-16(12-6-8-13(22)9-7-12)24-19(26)17-11-23-20(28-17)14-4-2-3-5-15(14)21/h2-9,11,16H,10H2,1H3,(H,24,26). The van der Waals surface area contributed by atoms with Crippen LogP contribution in [-0.4, -0.2) is 24.0 Å². The second-order valence-electron chi connectivity index (χ2n) is 5.87. The van der Waals surface area contributed by atoms with Crippen LogP contribution >= 0.6 is 22.9 Å². The number of nitrogens with one attached hydrogen (secondary N) is 1. The minimum atomic E-state index is -0.661. The van der Waals surface area contributed by atoms with Crippen LogP contribution < -0.4 is 5.32 Å². The molecule has 1 N–H and O–H groups in total. The molecule has 0 fully saturated rings. The minimum absolute atomic E-state index is 0.0793. The zero-order valence-electron chi connectivity index (χ0n) is 14.8. The van der Waals surface area contributed by atoms with Crippen LogP contribution in [0.15, 0.2) is 54.7 Å². The number of nitrogens with zero attached hydrogens (tertiary/aromatic N) is 1. The summed E-state index contributed by atoms with van der Waals surface area (Å²) in [6.45, 7) is 0. The van der Waals surface area contributed by atoms with Gasteiger partial charge in [0.1, 0.15) is 15.7 Å². The van der Waals surface area contributed by atoms with Gasteiger partial charge in [0.15, 0.2) is 0 Å². The van der Waals surface area contributed by atoms with E-state index in [-0.39, 0.29) is 6.42 Å². The number of esters is 1. The van der Waals surface area contributed by atoms with Crippen LogP contribution in [0.5, 0.6) is 0 Å². The van der Waals surface area contributed by atoms with E-state index in [0.29, 0.717) is 20.5 Å². The number of methoxy groups -OCH3 is 1. The van der Waals surface area contributed by atoms with Crippen LogP contribution in [-0.2, 0) is 9.53 Å². The zero-order chi connectivity index (χ0) is 20.1. The van der Waals surface area contributed by atoms with Crippen molar-refractivity contribution in [3.8, 4) is 10.6 Å². The van der Waals surface area contributed by atoms with Gasteiger partial charge in [-0.2, -0.15) is 0 Å². The van der Waals surface area contributed by atoms with E-state index in [2.05, 4.69) is 10.3 Å². The Kier molecular flexibility index (Phi) is 6.38. The number of halogens is 2. The molecule has 1 heterocycles. The van der Waals surface area contributed by atoms with Crippen LogP contribution in [0.25, 0.3) is 10.6 Å². The first-order valence-corrected chi connectivity index (χ1v) is 9.51. The highest BCUT2D eigenvalue weighted by molar-refractivity contribution is 7.17. The number of benzene rings is 2. The maximum Gasteiger partial charge on any atom is 0.307 e. The van der Waals surface area contributed by atoms with Gasteiger partial charge in [-0.25, -0.2) is 9.37 Å². The number of carbonyl (C=O) groups excluding carboxylic acids is 2. The summed E-state index contributed by atoms with van der Waals surface area (Å²) >= 11 is 7.37. The van der Waals surface area contributed by atoms with Crippen LogP contribution in [0, 0.1) is 5.82 Å². The maximum atomic E-state index is 13.2. The molecule has 1 atom stereocenters. The highest BCUT2D eigenvalue weighted by Crippen LogP contribution is 2.31. The number of amides is 1. The topological polar surface area (TPSA) is 68.3 Å². The van der Waals surface area contributed by atoms with E-state index in [1.54, 1.807) is 6.07 Å². The van der Waals surface area contributed by atoms with Crippen molar-refractivity contribution in [2.24, 2.45) is 0 Å². The van der Waals surface area contributed by atoms with Gasteiger partial charge in [0.2, 0.25) is 0 Å². The monoisotopic (exact) mass is 418 g/mol. The molecule has 3 rings (SSSR count). The average Bonchev–Trinajstić information content (AvgIpc) is 3.18. The quantitative estimate of drug-likeness (QED) is 0.592. The summed E-state index contributed by atoms with van der Waals surface area (Å²) in [5.74, 6) is -1.29. The van der Waals surface area contributed by atoms with Crippen molar-refractivity contribution >= 4 is 34.8 Å². The fourth-order valence-electron chi connectivity index (χ4n) is 2.56. The summed E-state index contributed by atoms with van der Waals surface area (Å²) in [6, 6.07) is 12.1. The molecule has 3 aromatic rings. The average molecular weight is 419 g/mol. The third-order valence-electron chi connectivity index (χ3n) is 4.01. The van der Waals surface area contributed by atoms with Gasteiger partial charge in [-0.3, -0.25) is 9.59 Å². The fraction of sp³-hybridized carbons (Fsp3) is 0.150. The maximum absolute atomic E-state index is 13.2. The molecule has 8 heteroatoms. The number of ether oxygens (including phenoxy) is 1. The van der Waals surface area contributed by atoms with E-state index in [9.17, 15) is 14.0 Å². The summed E-state index contributed by atoms with van der Waals surface area (Å²) in [7, 11) is 1.27. The van der Waals surface area contributed by atoms with E-state index in [1.807, 2.05) is 18.2 Å². The number of hydrogen-bond donors (Lipinski definition) is 1. The lowest BCUT2D eigenvalue weighted by atomic mass is 10.0. The largest absolute Gasteiger partial charge is 0.469 e. The van der Waals surface area contributed by atoms with Crippen molar-refractivity contribution in [1.29, 1.82) is 0 Å². The van der Waals surface area contributed by atoms with Gasteiger partial charge in [-0.15, -0.1) is 11.3 Å². The number of rotatable bonds is 6. The van der Waals surface area contributed by atoms with Crippen molar-refractivity contribution in [1.82, 2.24) is 10.3 Å². The van der Waals surface area contributed by atoms with Gasteiger partial charge >= 0.3 is 5.97 Å². The summed E-state index contributed by atoms with van der Waals surface area (Å²) in [5.41, 5.74) is 1.33. The summed E-state index contributed by atoms with van der Waals surface area (Å²) in [4.78, 5) is 29.1. The van der Waals surface area contributed by atoms with Crippen molar-refractivity contribution in [3.63, 3.8) is 0 Å². The molecule has 0 saturated heterocycles. The molecular formula is C20H16ClFN2O3S. The lowest BCUT2D eigenvalue weighted by Gasteiger charge is -2.17. The van der Waals surface area contributed by atoms with Crippen molar-refractivity contribution in [2.45, 2.75) is 12.5 Å². The van der Waals surface area contributed by atoms with Gasteiger partial charge in [-0.1, -0.05) is 41.9 Å². The molecule has 1 aromatic heterocycles. The Hall–Kier alpha value is -2.77. The number of aromatic nitrogens is 1. The van der Waals surface area contributed by atoms with E-state index in [4.69, 9.17) is 16.3 Å². The van der Waals surface area contributed by atoms with Gasteiger partial charge in [0.05, 0.1) is 30.8 Å². The van der Waals surface area contributed by atoms with E-state index >= 15 is 0 Å². The molecule has 0 aliphatic carbocycles. The van der Waals surface area contributed by atoms with Gasteiger partial charge in [0, 0.05) is 5.56 Å². The SMILES string of the molecule is COC(=O)CC(NC(=O)c1cnc(-c2ccccc2Cl)s1)c1ccc(F)cc1. The van der Waals surface area contributed by atoms with Crippen molar-refractivity contribution in [3.05, 3.63) is 76.0 Å². The number of hydrogen-bond acceptors (Lipinski definition) is 5. The first-order chi connectivity index (χ1) is 13.5. The Labute approximate surface area is 170 Å². The Bertz CT molecular complexity index is 991. The van der Waals surface area contributed by atoms with E-state index in [1.165, 1.54) is 48.9 Å². The van der Waals surface area contributed by atoms with Crippen LogP contribution in [0.3, 0.4) is 0 Å². The molecule has 1 amide bonds. The molecule has 0 spiro atoms. The highest BCUT2D eigenvalue weighted by atomic mass is 35.5. The Morgan fingerprint density at radius 2 is 1.93 bits per heavy atom. The fourth-order valence-corrected chi connectivity index (χ4v) is 3.70. The van der Waals surface area contributed by atoms with Crippen molar-refractivity contribution < 1.29 is 18.7 Å². The Morgan fingerprint density at radius 3 is 2.61 bits per heavy atom. The molecule has 144 valence electrons. The predicted octanol–water partition coefficient (Wildman–Crippen LogP) is 4.64. The first kappa shape index (κ1) is 20.0. The van der Waals surface area contributed by atoms with Gasteiger partial charge in [-0.05, 0) is 23.8 Å². The molecule has 1 unspecified atom stereocenters. The zero-order valence-corrected chi connectivity index (χ0v) is 16.4. The predicted molar refractivity (Wildman–Crippen MR) is 106 cm³/mol. The lowest BCUT2D eigenvalue weighted by molar-refractivity contribution is -0.141. The Morgan fingerprint density at radius 1 is 1.21 bits per heavy atom. The second kappa shape index (κ2) is 8.95. The summed E-state index contributed by atoms with van der Waals surface area (Å²) < 4.78 is 17.9. The normalized spacial score (nSPS) is 11.7. The molecule has 0 aliphatic heterocycles. The number of carbonyl (C=O) groups is 2. The molecule has 2 aromatic carbocycles. The second-order valence-corrected chi connectivity index (χ2v) is 7.31.